The number of aromatic hydroxyl groups is 1. The molecule has 0 unspecified atom stereocenters. The van der Waals surface area contributed by atoms with E-state index in [9.17, 15) is 27.9 Å². The molecule has 0 spiro atoms. The maximum Gasteiger partial charge on any atom is 0.379 e. The minimum absolute atomic E-state index is 0.337. The minimum Gasteiger partial charge on any atom is -0.505 e. The monoisotopic (exact) mass is 307 g/mol. The van der Waals surface area contributed by atoms with Gasteiger partial charge in [0.15, 0.2) is 11.6 Å². The second kappa shape index (κ2) is 6.00. The summed E-state index contributed by atoms with van der Waals surface area (Å²) < 4.78 is 45.0. The topological polar surface area (TPSA) is 110 Å². The first-order chi connectivity index (χ1) is 9.62. The fraction of sp³-hybridized carbons (Fsp3) is 0.333. The van der Waals surface area contributed by atoms with Gasteiger partial charge in [0.2, 0.25) is 0 Å². The van der Waals surface area contributed by atoms with Crippen molar-refractivity contribution in [1.82, 2.24) is 0 Å². The molecular formula is C12H12F3NO5. The molecule has 1 rings (SSSR count). The number of carboxylic acid groups (broad SMARTS) is 1. The summed E-state index contributed by atoms with van der Waals surface area (Å²) in [6, 6.07) is -1.46. The molecule has 0 radical (unpaired) electrons. The van der Waals surface area contributed by atoms with Gasteiger partial charge in [0.1, 0.15) is 6.04 Å². The van der Waals surface area contributed by atoms with Crippen LogP contribution in [0.15, 0.2) is 12.1 Å². The van der Waals surface area contributed by atoms with Crippen molar-refractivity contribution in [2.75, 3.05) is 6.61 Å². The van der Waals surface area contributed by atoms with E-state index in [1.165, 1.54) is 6.92 Å². The van der Waals surface area contributed by atoms with E-state index >= 15 is 0 Å². The Morgan fingerprint density at radius 1 is 1.43 bits per heavy atom. The molecule has 0 saturated heterocycles. The number of carbonyl (C=O) groups is 2. The number of rotatable bonds is 5. The van der Waals surface area contributed by atoms with Crippen molar-refractivity contribution in [1.29, 1.82) is 0 Å². The van der Waals surface area contributed by atoms with Gasteiger partial charge in [0.25, 0.3) is 0 Å². The standard InChI is InChI=1S/C12H12F3NO5/c1-2-21-11(20)12(14,15)9(16)6-3-5(10(18)19)4-7(13)8(6)17/h3-4,9,17H,2,16H2,1H3,(H,18,19)/t9-/m0/s1. The number of phenolic OH excluding ortho intramolecular Hbond substituents is 1. The molecule has 9 heteroatoms. The van der Waals surface area contributed by atoms with Crippen molar-refractivity contribution < 1.29 is 37.7 Å². The first kappa shape index (κ1) is 16.8. The predicted octanol–water partition coefficient (Wildman–Crippen LogP) is 1.43. The van der Waals surface area contributed by atoms with E-state index in [1.807, 2.05) is 0 Å². The molecule has 6 nitrogen and oxygen atoms in total. The highest BCUT2D eigenvalue weighted by Crippen LogP contribution is 2.36. The third-order valence-electron chi connectivity index (χ3n) is 2.61. The number of phenols is 1. The molecule has 1 aromatic rings. The van der Waals surface area contributed by atoms with Crippen LogP contribution < -0.4 is 5.73 Å². The van der Waals surface area contributed by atoms with Crippen LogP contribution in [0.5, 0.6) is 5.75 Å². The van der Waals surface area contributed by atoms with Gasteiger partial charge >= 0.3 is 17.9 Å². The van der Waals surface area contributed by atoms with Crippen molar-refractivity contribution in [3.63, 3.8) is 0 Å². The fourth-order valence-corrected chi connectivity index (χ4v) is 1.53. The highest BCUT2D eigenvalue weighted by Gasteiger charge is 2.49. The van der Waals surface area contributed by atoms with Crippen LogP contribution in [0.25, 0.3) is 0 Å². The fourth-order valence-electron chi connectivity index (χ4n) is 1.53. The summed E-state index contributed by atoms with van der Waals surface area (Å²) in [5, 5.41) is 18.2. The van der Waals surface area contributed by atoms with Gasteiger partial charge in [-0.25, -0.2) is 14.0 Å². The highest BCUT2D eigenvalue weighted by atomic mass is 19.3. The van der Waals surface area contributed by atoms with Crippen molar-refractivity contribution in [3.05, 3.63) is 29.1 Å². The molecule has 1 aromatic carbocycles. The zero-order chi connectivity index (χ0) is 16.4. The van der Waals surface area contributed by atoms with Gasteiger partial charge in [-0.15, -0.1) is 0 Å². The number of esters is 1. The summed E-state index contributed by atoms with van der Waals surface area (Å²) in [7, 11) is 0. The van der Waals surface area contributed by atoms with E-state index in [2.05, 4.69) is 4.74 Å². The summed E-state index contributed by atoms with van der Waals surface area (Å²) >= 11 is 0. The smallest absolute Gasteiger partial charge is 0.379 e. The molecular weight excluding hydrogens is 295 g/mol. The molecule has 0 aliphatic heterocycles. The molecule has 4 N–H and O–H groups in total. The van der Waals surface area contributed by atoms with Crippen molar-refractivity contribution in [3.8, 4) is 5.75 Å². The molecule has 0 fully saturated rings. The lowest BCUT2D eigenvalue weighted by atomic mass is 9.98. The van der Waals surface area contributed by atoms with Crippen LogP contribution in [0.2, 0.25) is 0 Å². The van der Waals surface area contributed by atoms with E-state index in [0.717, 1.165) is 0 Å². The maximum atomic E-state index is 13.7. The molecule has 0 heterocycles. The third-order valence-corrected chi connectivity index (χ3v) is 2.61. The number of carbonyl (C=O) groups excluding carboxylic acids is 1. The number of halogens is 3. The Balaban J connectivity index is 3.32. The lowest BCUT2D eigenvalue weighted by Crippen LogP contribution is -2.42. The number of aromatic carboxylic acids is 1. The van der Waals surface area contributed by atoms with Crippen LogP contribution >= 0.6 is 0 Å². The van der Waals surface area contributed by atoms with Gasteiger partial charge < -0.3 is 20.7 Å². The predicted molar refractivity (Wildman–Crippen MR) is 63.5 cm³/mol. The first-order valence-electron chi connectivity index (χ1n) is 5.69. The van der Waals surface area contributed by atoms with Crippen LogP contribution in [0.3, 0.4) is 0 Å². The molecule has 0 saturated carbocycles. The average Bonchev–Trinajstić information content (AvgIpc) is 2.40. The van der Waals surface area contributed by atoms with E-state index < -0.39 is 46.6 Å². The summed E-state index contributed by atoms with van der Waals surface area (Å²) in [5.41, 5.74) is 3.56. The SMILES string of the molecule is CCOC(=O)C(F)(F)[C@@H](N)c1cc(C(=O)O)cc(F)c1O. The van der Waals surface area contributed by atoms with Gasteiger partial charge in [0.05, 0.1) is 12.2 Å². The van der Waals surface area contributed by atoms with Crippen LogP contribution in [0, 0.1) is 5.82 Å². The summed E-state index contributed by atoms with van der Waals surface area (Å²) in [6.45, 7) is 0.957. The van der Waals surface area contributed by atoms with E-state index in [0.29, 0.717) is 12.1 Å². The number of ether oxygens (including phenoxy) is 1. The molecule has 0 aromatic heterocycles. The van der Waals surface area contributed by atoms with E-state index in [4.69, 9.17) is 10.8 Å². The first-order valence-corrected chi connectivity index (χ1v) is 5.69. The molecule has 0 aliphatic rings. The van der Waals surface area contributed by atoms with Gasteiger partial charge in [-0.3, -0.25) is 0 Å². The molecule has 1 atom stereocenters. The summed E-state index contributed by atoms with van der Waals surface area (Å²) in [4.78, 5) is 21.9. The maximum absolute atomic E-state index is 13.7. The molecule has 21 heavy (non-hydrogen) atoms. The summed E-state index contributed by atoms with van der Waals surface area (Å²) in [6.07, 6.45) is 0. The van der Waals surface area contributed by atoms with Gasteiger partial charge in [-0.2, -0.15) is 8.78 Å². The van der Waals surface area contributed by atoms with E-state index in [-0.39, 0.29) is 6.61 Å². The van der Waals surface area contributed by atoms with Crippen molar-refractivity contribution in [2.24, 2.45) is 5.73 Å². The Hall–Kier alpha value is -2.29. The molecule has 0 aliphatic carbocycles. The number of benzene rings is 1. The molecule has 116 valence electrons. The van der Waals surface area contributed by atoms with Crippen molar-refractivity contribution >= 4 is 11.9 Å². The third kappa shape index (κ3) is 3.24. The number of nitrogens with two attached hydrogens (primary N) is 1. The minimum atomic E-state index is -4.27. The van der Waals surface area contributed by atoms with E-state index in [1.54, 1.807) is 0 Å². The number of hydrogen-bond acceptors (Lipinski definition) is 5. The second-order valence-corrected chi connectivity index (χ2v) is 4.02. The Labute approximate surface area is 116 Å². The zero-order valence-electron chi connectivity index (χ0n) is 10.8. The molecule has 0 bridgehead atoms. The number of hydrogen-bond donors (Lipinski definition) is 3. The van der Waals surface area contributed by atoms with Crippen molar-refractivity contribution in [2.45, 2.75) is 18.9 Å². The number of carboxylic acids is 1. The quantitative estimate of drug-likeness (QED) is 0.710. The average molecular weight is 307 g/mol. The Morgan fingerprint density at radius 3 is 2.48 bits per heavy atom. The normalized spacial score (nSPS) is 12.8. The Kier molecular flexibility index (Phi) is 4.79. The second-order valence-electron chi connectivity index (χ2n) is 4.02. The zero-order valence-corrected chi connectivity index (χ0v) is 10.8. The number of alkyl halides is 2. The van der Waals surface area contributed by atoms with Crippen LogP contribution in [0.4, 0.5) is 13.2 Å². The van der Waals surface area contributed by atoms with Crippen LogP contribution in [-0.4, -0.2) is 34.7 Å². The lowest BCUT2D eigenvalue weighted by molar-refractivity contribution is -0.174. The van der Waals surface area contributed by atoms with Crippen LogP contribution in [0.1, 0.15) is 28.9 Å². The Bertz CT molecular complexity index is 576. The van der Waals surface area contributed by atoms with Gasteiger partial charge in [0, 0.05) is 5.56 Å². The Morgan fingerprint density at radius 2 is 2.00 bits per heavy atom. The van der Waals surface area contributed by atoms with Gasteiger partial charge in [-0.1, -0.05) is 0 Å². The largest absolute Gasteiger partial charge is 0.505 e. The molecule has 0 amide bonds. The lowest BCUT2D eigenvalue weighted by Gasteiger charge is -2.22. The van der Waals surface area contributed by atoms with Crippen LogP contribution in [-0.2, 0) is 9.53 Å². The summed E-state index contributed by atoms with van der Waals surface area (Å²) in [5.74, 6) is -10.5. The highest BCUT2D eigenvalue weighted by molar-refractivity contribution is 5.88. The van der Waals surface area contributed by atoms with Gasteiger partial charge in [-0.05, 0) is 19.1 Å².